The van der Waals surface area contributed by atoms with Gasteiger partial charge in [-0.1, -0.05) is 31.2 Å². The molecule has 26 heavy (non-hydrogen) atoms. The third-order valence-corrected chi connectivity index (χ3v) is 5.32. The molecule has 0 aromatic heterocycles. The molecule has 0 bridgehead atoms. The molecule has 1 saturated heterocycles. The molecule has 2 aliphatic rings. The SMILES string of the molecule is COC(=O)C1=C(CN2CCC(C)CC2)NC(=O)NC1c1ccccc1C. The molecule has 3 rings (SSSR count). The van der Waals surface area contributed by atoms with Gasteiger partial charge in [0.2, 0.25) is 0 Å². The minimum absolute atomic E-state index is 0.286. The number of esters is 1. The van der Waals surface area contributed by atoms with E-state index in [-0.39, 0.29) is 6.03 Å². The molecule has 1 aromatic carbocycles. The lowest BCUT2D eigenvalue weighted by molar-refractivity contribution is -0.136. The van der Waals surface area contributed by atoms with Crippen LogP contribution in [0.5, 0.6) is 0 Å². The number of benzene rings is 1. The van der Waals surface area contributed by atoms with Crippen molar-refractivity contribution >= 4 is 12.0 Å². The van der Waals surface area contributed by atoms with Gasteiger partial charge >= 0.3 is 12.0 Å². The third-order valence-electron chi connectivity index (χ3n) is 5.32. The second kappa shape index (κ2) is 7.91. The number of likely N-dealkylation sites (tertiary alicyclic amines) is 1. The molecular weight excluding hydrogens is 330 g/mol. The van der Waals surface area contributed by atoms with Crippen LogP contribution in [0, 0.1) is 12.8 Å². The smallest absolute Gasteiger partial charge is 0.338 e. The average molecular weight is 357 g/mol. The number of ether oxygens (including phenoxy) is 1. The minimum atomic E-state index is -0.504. The number of piperidine rings is 1. The van der Waals surface area contributed by atoms with Crippen molar-refractivity contribution in [1.82, 2.24) is 15.5 Å². The number of methoxy groups -OCH3 is 1. The molecule has 2 heterocycles. The summed E-state index contributed by atoms with van der Waals surface area (Å²) in [5.41, 5.74) is 3.06. The van der Waals surface area contributed by atoms with Gasteiger partial charge in [-0.3, -0.25) is 4.90 Å². The van der Waals surface area contributed by atoms with Crippen LogP contribution in [0.1, 0.15) is 36.9 Å². The van der Waals surface area contributed by atoms with Gasteiger partial charge in [0.25, 0.3) is 0 Å². The fourth-order valence-corrected chi connectivity index (χ4v) is 3.68. The van der Waals surface area contributed by atoms with Gasteiger partial charge in [0.05, 0.1) is 18.7 Å². The van der Waals surface area contributed by atoms with Crippen LogP contribution in [0.25, 0.3) is 0 Å². The van der Waals surface area contributed by atoms with Gasteiger partial charge in [-0.15, -0.1) is 0 Å². The van der Waals surface area contributed by atoms with E-state index in [1.807, 2.05) is 31.2 Å². The molecule has 1 unspecified atom stereocenters. The Morgan fingerprint density at radius 3 is 2.62 bits per heavy atom. The lowest BCUT2D eigenvalue weighted by Gasteiger charge is -2.35. The number of aryl methyl sites for hydroxylation is 1. The van der Waals surface area contributed by atoms with Crippen molar-refractivity contribution in [2.45, 2.75) is 32.7 Å². The second-order valence-corrected chi connectivity index (χ2v) is 7.23. The van der Waals surface area contributed by atoms with E-state index >= 15 is 0 Å². The molecule has 1 fully saturated rings. The highest BCUT2D eigenvalue weighted by Crippen LogP contribution is 2.30. The highest BCUT2D eigenvalue weighted by Gasteiger charge is 2.34. The molecule has 1 aromatic rings. The Morgan fingerprint density at radius 2 is 1.96 bits per heavy atom. The molecule has 2 aliphatic heterocycles. The number of carbonyl (C=O) groups excluding carboxylic acids is 2. The maximum atomic E-state index is 12.6. The summed E-state index contributed by atoms with van der Waals surface area (Å²) in [5, 5.41) is 5.73. The summed E-state index contributed by atoms with van der Waals surface area (Å²) < 4.78 is 5.05. The molecule has 0 spiro atoms. The predicted octanol–water partition coefficient (Wildman–Crippen LogP) is 2.51. The third kappa shape index (κ3) is 3.90. The number of carbonyl (C=O) groups is 2. The van der Waals surface area contributed by atoms with E-state index in [4.69, 9.17) is 4.74 Å². The lowest BCUT2D eigenvalue weighted by atomic mass is 9.91. The van der Waals surface area contributed by atoms with E-state index in [0.717, 1.165) is 43.0 Å². The van der Waals surface area contributed by atoms with E-state index in [2.05, 4.69) is 22.5 Å². The Balaban J connectivity index is 1.96. The van der Waals surface area contributed by atoms with Crippen LogP contribution in [-0.2, 0) is 9.53 Å². The molecule has 0 saturated carbocycles. The quantitative estimate of drug-likeness (QED) is 0.813. The molecule has 140 valence electrons. The zero-order valence-electron chi connectivity index (χ0n) is 15.7. The van der Waals surface area contributed by atoms with Crippen molar-refractivity contribution < 1.29 is 14.3 Å². The summed E-state index contributed by atoms with van der Waals surface area (Å²) >= 11 is 0. The summed E-state index contributed by atoms with van der Waals surface area (Å²) in [6, 6.07) is 6.98. The summed E-state index contributed by atoms with van der Waals surface area (Å²) in [7, 11) is 1.38. The fraction of sp³-hybridized carbons (Fsp3) is 0.500. The Kier molecular flexibility index (Phi) is 5.61. The maximum absolute atomic E-state index is 12.6. The zero-order chi connectivity index (χ0) is 18.7. The summed E-state index contributed by atoms with van der Waals surface area (Å²) in [6.07, 6.45) is 2.27. The predicted molar refractivity (Wildman–Crippen MR) is 99.5 cm³/mol. The Labute approximate surface area is 154 Å². The van der Waals surface area contributed by atoms with Gasteiger partial charge in [-0.05, 0) is 49.9 Å². The number of rotatable bonds is 4. The van der Waals surface area contributed by atoms with Gasteiger partial charge in [0, 0.05) is 12.2 Å². The lowest BCUT2D eigenvalue weighted by Crippen LogP contribution is -2.49. The van der Waals surface area contributed by atoms with Crippen molar-refractivity contribution in [3.63, 3.8) is 0 Å². The zero-order valence-corrected chi connectivity index (χ0v) is 15.7. The molecule has 2 N–H and O–H groups in total. The first-order valence-electron chi connectivity index (χ1n) is 9.16. The number of urea groups is 1. The van der Waals surface area contributed by atoms with Crippen molar-refractivity contribution in [1.29, 1.82) is 0 Å². The first kappa shape index (κ1) is 18.5. The van der Waals surface area contributed by atoms with Crippen molar-refractivity contribution in [3.05, 3.63) is 46.7 Å². The van der Waals surface area contributed by atoms with Crippen LogP contribution in [0.4, 0.5) is 4.79 Å². The summed E-state index contributed by atoms with van der Waals surface area (Å²) in [4.78, 5) is 27.2. The van der Waals surface area contributed by atoms with Gasteiger partial charge in [0.15, 0.2) is 0 Å². The van der Waals surface area contributed by atoms with Crippen molar-refractivity contribution in [2.75, 3.05) is 26.7 Å². The van der Waals surface area contributed by atoms with Crippen LogP contribution in [0.3, 0.4) is 0 Å². The van der Waals surface area contributed by atoms with Crippen molar-refractivity contribution in [2.24, 2.45) is 5.92 Å². The fourth-order valence-electron chi connectivity index (χ4n) is 3.68. The summed E-state index contributed by atoms with van der Waals surface area (Å²) in [6.45, 7) is 6.73. The first-order valence-corrected chi connectivity index (χ1v) is 9.16. The molecule has 0 radical (unpaired) electrons. The largest absolute Gasteiger partial charge is 0.466 e. The second-order valence-electron chi connectivity index (χ2n) is 7.23. The number of nitrogens with one attached hydrogen (secondary N) is 2. The standard InChI is InChI=1S/C20H27N3O3/c1-13-8-10-23(11-9-13)12-16-17(19(24)26-3)18(22-20(25)21-16)15-7-5-4-6-14(15)2/h4-7,13,18H,8-12H2,1-3H3,(H2,21,22,25). The van der Waals surface area contributed by atoms with E-state index in [1.165, 1.54) is 7.11 Å². The van der Waals surface area contributed by atoms with Crippen LogP contribution in [-0.4, -0.2) is 43.6 Å². The van der Waals surface area contributed by atoms with Gasteiger partial charge < -0.3 is 15.4 Å². The van der Waals surface area contributed by atoms with Crippen LogP contribution < -0.4 is 10.6 Å². The Bertz CT molecular complexity index is 721. The minimum Gasteiger partial charge on any atom is -0.466 e. The van der Waals surface area contributed by atoms with Gasteiger partial charge in [-0.25, -0.2) is 9.59 Å². The molecule has 2 amide bonds. The van der Waals surface area contributed by atoms with Gasteiger partial charge in [-0.2, -0.15) is 0 Å². The van der Waals surface area contributed by atoms with Crippen LogP contribution in [0.2, 0.25) is 0 Å². The number of nitrogens with zero attached hydrogens (tertiary/aromatic N) is 1. The number of hydrogen-bond donors (Lipinski definition) is 2. The van der Waals surface area contributed by atoms with E-state index in [1.54, 1.807) is 0 Å². The van der Waals surface area contributed by atoms with E-state index in [0.29, 0.717) is 17.8 Å². The molecule has 0 aliphatic carbocycles. The molecule has 6 heteroatoms. The first-order chi connectivity index (χ1) is 12.5. The monoisotopic (exact) mass is 357 g/mol. The van der Waals surface area contributed by atoms with Gasteiger partial charge in [0.1, 0.15) is 0 Å². The highest BCUT2D eigenvalue weighted by molar-refractivity contribution is 5.95. The van der Waals surface area contributed by atoms with E-state index < -0.39 is 12.0 Å². The number of amides is 2. The summed E-state index contributed by atoms with van der Waals surface area (Å²) in [5.74, 6) is 0.314. The molecular formula is C20H27N3O3. The maximum Gasteiger partial charge on any atom is 0.338 e. The number of hydrogen-bond acceptors (Lipinski definition) is 4. The van der Waals surface area contributed by atoms with Crippen LogP contribution in [0.15, 0.2) is 35.5 Å². The molecule has 6 nitrogen and oxygen atoms in total. The van der Waals surface area contributed by atoms with E-state index in [9.17, 15) is 9.59 Å². The van der Waals surface area contributed by atoms with Crippen molar-refractivity contribution in [3.8, 4) is 0 Å². The Morgan fingerprint density at radius 1 is 1.27 bits per heavy atom. The Hall–Kier alpha value is -2.34. The molecule has 1 atom stereocenters. The topological polar surface area (TPSA) is 70.7 Å². The normalized spacial score (nSPS) is 22.0. The average Bonchev–Trinajstić information content (AvgIpc) is 2.63. The highest BCUT2D eigenvalue weighted by atomic mass is 16.5. The van der Waals surface area contributed by atoms with Crippen LogP contribution >= 0.6 is 0 Å².